The first-order valence-electron chi connectivity index (χ1n) is 14.9. The van der Waals surface area contributed by atoms with E-state index in [2.05, 4.69) is 21.5 Å². The summed E-state index contributed by atoms with van der Waals surface area (Å²) in [5.41, 5.74) is 12.1. The number of carboxylic acids is 2. The van der Waals surface area contributed by atoms with Crippen LogP contribution in [0.1, 0.15) is 31.4 Å². The lowest BCUT2D eigenvalue weighted by atomic mass is 10.0. The summed E-state index contributed by atoms with van der Waals surface area (Å²) in [5, 5.41) is 24.7. The fourth-order valence-corrected chi connectivity index (χ4v) is 4.66. The Kier molecular flexibility index (Phi) is 16.3. The number of nitrogens with two attached hydrogens (primary N) is 1. The van der Waals surface area contributed by atoms with Gasteiger partial charge in [-0.25, -0.2) is 0 Å². The summed E-state index contributed by atoms with van der Waals surface area (Å²) in [6.45, 7) is 8.01. The second kappa shape index (κ2) is 19.6. The quantitative estimate of drug-likeness (QED) is 0.120. The summed E-state index contributed by atoms with van der Waals surface area (Å²) in [7, 11) is 0. The predicted molar refractivity (Wildman–Crippen MR) is 163 cm³/mol. The lowest BCUT2D eigenvalue weighted by Crippen LogP contribution is -2.50. The summed E-state index contributed by atoms with van der Waals surface area (Å²) in [6, 6.07) is 6.45. The molecule has 1 aliphatic heterocycles. The highest BCUT2D eigenvalue weighted by molar-refractivity contribution is 5.85. The van der Waals surface area contributed by atoms with Crippen molar-refractivity contribution in [2.75, 3.05) is 72.0 Å². The first-order valence-corrected chi connectivity index (χ1v) is 14.9. The molecule has 1 atom stereocenters. The molecule has 15 heteroatoms. The number of amides is 3. The lowest BCUT2D eigenvalue weighted by molar-refractivity contribution is -0.139. The van der Waals surface area contributed by atoms with E-state index in [0.717, 1.165) is 11.1 Å². The zero-order chi connectivity index (χ0) is 32.5. The summed E-state index contributed by atoms with van der Waals surface area (Å²) < 4.78 is 0. The molecule has 2 rings (SSSR count). The first-order chi connectivity index (χ1) is 20.9. The molecule has 8 N–H and O–H groups in total. The van der Waals surface area contributed by atoms with Gasteiger partial charge in [-0.05, 0) is 23.5 Å². The minimum atomic E-state index is -0.922. The van der Waals surface area contributed by atoms with E-state index in [1.54, 1.807) is 24.3 Å². The van der Waals surface area contributed by atoms with E-state index < -0.39 is 23.9 Å². The minimum Gasteiger partial charge on any atom is -0.480 e. The van der Waals surface area contributed by atoms with Crippen molar-refractivity contribution in [3.8, 4) is 0 Å². The van der Waals surface area contributed by atoms with E-state index in [9.17, 15) is 34.2 Å². The van der Waals surface area contributed by atoms with Gasteiger partial charge in [0.05, 0.1) is 32.1 Å². The van der Waals surface area contributed by atoms with E-state index >= 15 is 0 Å². The molecular weight excluding hydrogens is 572 g/mol. The van der Waals surface area contributed by atoms with Gasteiger partial charge < -0.3 is 26.6 Å². The molecule has 1 aromatic rings. The summed E-state index contributed by atoms with van der Waals surface area (Å²) in [5.74, 6) is -2.64. The second-order valence-electron chi connectivity index (χ2n) is 11.4. The van der Waals surface area contributed by atoms with Gasteiger partial charge in [-0.1, -0.05) is 38.1 Å². The van der Waals surface area contributed by atoms with Crippen LogP contribution in [0.25, 0.3) is 0 Å². The maximum atomic E-state index is 12.8. The third kappa shape index (κ3) is 15.7. The summed E-state index contributed by atoms with van der Waals surface area (Å²) in [4.78, 5) is 65.2. The van der Waals surface area contributed by atoms with Crippen molar-refractivity contribution in [3.05, 3.63) is 35.4 Å². The standard InChI is InChI=1S/C29H48N8O7/c1-21(2)15-24(30)29(44)34-33-25(38)16-22-3-5-23(6-4-22)17-32-26(39)18-37-13-11-35(19-27(40)41)9-7-31-8-10-36(12-14-37)20-28(42)43/h3-6,21,24,31H,7-20,30H2,1-2H3,(H,32,39)(H,33,38)(H,34,44)(H,40,41)(H,42,43)/t24-/m1/s1. The Balaban J connectivity index is 1.87. The Morgan fingerprint density at radius 1 is 0.773 bits per heavy atom. The highest BCUT2D eigenvalue weighted by atomic mass is 16.4. The van der Waals surface area contributed by atoms with Crippen molar-refractivity contribution >= 4 is 29.7 Å². The molecule has 1 saturated heterocycles. The number of hydrogen-bond acceptors (Lipinski definition) is 10. The average Bonchev–Trinajstić information content (AvgIpc) is 2.94. The zero-order valence-corrected chi connectivity index (χ0v) is 25.7. The van der Waals surface area contributed by atoms with E-state index in [0.29, 0.717) is 58.8 Å². The highest BCUT2D eigenvalue weighted by Crippen LogP contribution is 2.06. The SMILES string of the molecule is CC(C)C[C@@H](N)C(=O)NNC(=O)Cc1ccc(CNC(=O)CN2CCN(CC(=O)O)CCNCCN(CC(=O)O)CC2)cc1. The van der Waals surface area contributed by atoms with Gasteiger partial charge in [0.2, 0.25) is 11.8 Å². The average molecular weight is 621 g/mol. The normalized spacial score (nSPS) is 16.7. The second-order valence-corrected chi connectivity index (χ2v) is 11.4. The largest absolute Gasteiger partial charge is 0.480 e. The monoisotopic (exact) mass is 620 g/mol. The molecule has 3 amide bonds. The van der Waals surface area contributed by atoms with Gasteiger partial charge in [0.1, 0.15) is 0 Å². The van der Waals surface area contributed by atoms with Gasteiger partial charge in [0.25, 0.3) is 5.91 Å². The van der Waals surface area contributed by atoms with Crippen LogP contribution in [0.3, 0.4) is 0 Å². The number of nitrogens with zero attached hydrogens (tertiary/aromatic N) is 3. The van der Waals surface area contributed by atoms with Crippen molar-refractivity contribution in [3.63, 3.8) is 0 Å². The summed E-state index contributed by atoms with van der Waals surface area (Å²) in [6.07, 6.45) is 0.557. The number of carboxylic acid groups (broad SMARTS) is 2. The van der Waals surface area contributed by atoms with Gasteiger partial charge >= 0.3 is 11.9 Å². The van der Waals surface area contributed by atoms with E-state index in [-0.39, 0.29) is 50.3 Å². The molecule has 44 heavy (non-hydrogen) atoms. The topological polar surface area (TPSA) is 210 Å². The number of carbonyl (C=O) groups is 5. The maximum Gasteiger partial charge on any atom is 0.317 e. The van der Waals surface area contributed by atoms with Crippen molar-refractivity contribution in [2.24, 2.45) is 11.7 Å². The molecule has 0 bridgehead atoms. The molecule has 1 aliphatic rings. The lowest BCUT2D eigenvalue weighted by Gasteiger charge is -2.30. The van der Waals surface area contributed by atoms with Crippen LogP contribution in [0.4, 0.5) is 0 Å². The van der Waals surface area contributed by atoms with Crippen molar-refractivity contribution in [1.29, 1.82) is 0 Å². The fraction of sp³-hybridized carbons (Fsp3) is 0.621. The van der Waals surface area contributed by atoms with Crippen LogP contribution in [0.2, 0.25) is 0 Å². The van der Waals surface area contributed by atoms with E-state index in [1.165, 1.54) is 0 Å². The maximum absolute atomic E-state index is 12.8. The molecule has 0 saturated carbocycles. The molecule has 0 aliphatic carbocycles. The van der Waals surface area contributed by atoms with Crippen molar-refractivity contribution in [1.82, 2.24) is 36.2 Å². The van der Waals surface area contributed by atoms with E-state index in [1.807, 2.05) is 28.5 Å². The van der Waals surface area contributed by atoms with E-state index in [4.69, 9.17) is 5.73 Å². The molecule has 0 aromatic heterocycles. The van der Waals surface area contributed by atoms with Crippen molar-refractivity contribution < 1.29 is 34.2 Å². The van der Waals surface area contributed by atoms with Crippen LogP contribution in [0, 0.1) is 5.92 Å². The Morgan fingerprint density at radius 2 is 1.27 bits per heavy atom. The van der Waals surface area contributed by atoms with Crippen LogP contribution in [0.15, 0.2) is 24.3 Å². The van der Waals surface area contributed by atoms with Gasteiger partial charge in [-0.3, -0.25) is 49.5 Å². The Morgan fingerprint density at radius 3 is 1.77 bits per heavy atom. The number of hydrazine groups is 1. The first kappa shape index (κ1) is 36.6. The number of aliphatic carboxylic acids is 2. The number of nitrogens with one attached hydrogen (secondary N) is 4. The van der Waals surface area contributed by atoms with Crippen molar-refractivity contribution in [2.45, 2.75) is 39.3 Å². The molecule has 0 radical (unpaired) electrons. The Hall–Kier alpha value is -3.63. The van der Waals surface area contributed by atoms with Gasteiger partial charge in [-0.15, -0.1) is 0 Å². The van der Waals surface area contributed by atoms with Gasteiger partial charge in [-0.2, -0.15) is 0 Å². The zero-order valence-electron chi connectivity index (χ0n) is 25.7. The molecule has 1 heterocycles. The molecule has 0 unspecified atom stereocenters. The smallest absolute Gasteiger partial charge is 0.317 e. The summed E-state index contributed by atoms with van der Waals surface area (Å²) >= 11 is 0. The highest BCUT2D eigenvalue weighted by Gasteiger charge is 2.19. The Bertz CT molecular complexity index is 1060. The Labute approximate surface area is 258 Å². The number of hydrogen-bond donors (Lipinski definition) is 7. The van der Waals surface area contributed by atoms with Crippen LogP contribution in [0.5, 0.6) is 0 Å². The van der Waals surface area contributed by atoms with Crippen LogP contribution in [-0.4, -0.2) is 133 Å². The molecule has 1 aromatic carbocycles. The van der Waals surface area contributed by atoms with Gasteiger partial charge in [0, 0.05) is 58.9 Å². The number of rotatable bonds is 13. The molecule has 0 spiro atoms. The number of benzene rings is 1. The number of carbonyl (C=O) groups excluding carboxylic acids is 3. The van der Waals surface area contributed by atoms with Crippen LogP contribution >= 0.6 is 0 Å². The van der Waals surface area contributed by atoms with Gasteiger partial charge in [0.15, 0.2) is 0 Å². The van der Waals surface area contributed by atoms with Crippen LogP contribution < -0.4 is 27.2 Å². The minimum absolute atomic E-state index is 0.0507. The predicted octanol–water partition coefficient (Wildman–Crippen LogP) is -1.96. The molecular formula is C29H48N8O7. The third-order valence-corrected chi connectivity index (χ3v) is 7.02. The molecule has 246 valence electrons. The fourth-order valence-electron chi connectivity index (χ4n) is 4.66. The van der Waals surface area contributed by atoms with Crippen LogP contribution in [-0.2, 0) is 36.9 Å². The molecule has 1 fully saturated rings. The molecule has 15 nitrogen and oxygen atoms in total. The third-order valence-electron chi connectivity index (χ3n) is 7.02.